The second-order valence-electron chi connectivity index (χ2n) is 14.2. The Kier molecular flexibility index (Phi) is 9.22. The average Bonchev–Trinajstić information content (AvgIpc) is 3.50. The van der Waals surface area contributed by atoms with Crippen LogP contribution in [-0.4, -0.2) is 41.8 Å². The summed E-state index contributed by atoms with van der Waals surface area (Å²) in [4.78, 5) is 42.8. The minimum Gasteiger partial charge on any atom is -0.871 e. The van der Waals surface area contributed by atoms with Crippen LogP contribution in [0.2, 0.25) is 0 Å². The lowest BCUT2D eigenvalue weighted by atomic mass is 9.80. The number of benzene rings is 2. The standard InChI is InChI=1S/C38H50N4O4/c1-11-21(7)37(45)39-29-17-31-25(13-23(9)41(31)19(3)4)15-27(29)33-35(43)34(36(33)44)28-16-26-14-24(10)42(20(5)6)32(26)18-30(28)40-38(46)22(8)12-2/h15-24H,11-14H2,1-10H3,(H2,39,40,43,44,45,46). The van der Waals surface area contributed by atoms with Gasteiger partial charge in [0.1, 0.15) is 6.04 Å². The molecule has 8 nitrogen and oxygen atoms in total. The van der Waals surface area contributed by atoms with Crippen molar-refractivity contribution in [3.05, 3.63) is 57.3 Å². The third-order valence-electron chi connectivity index (χ3n) is 10.2. The molecule has 2 amide bonds. The fourth-order valence-corrected chi connectivity index (χ4v) is 7.34. The van der Waals surface area contributed by atoms with Gasteiger partial charge in [-0.15, -0.1) is 0 Å². The molecule has 8 heteroatoms. The van der Waals surface area contributed by atoms with E-state index in [-0.39, 0.29) is 70.5 Å². The molecule has 0 fully saturated rings. The van der Waals surface area contributed by atoms with Gasteiger partial charge in [-0.25, -0.2) is 4.58 Å². The number of anilines is 3. The zero-order chi connectivity index (χ0) is 33.8. The third kappa shape index (κ3) is 5.64. The van der Waals surface area contributed by atoms with Crippen molar-refractivity contribution in [1.82, 2.24) is 4.58 Å². The van der Waals surface area contributed by atoms with E-state index in [4.69, 9.17) is 0 Å². The first-order valence-corrected chi connectivity index (χ1v) is 17.1. The molecule has 2 aliphatic heterocycles. The van der Waals surface area contributed by atoms with Crippen molar-refractivity contribution in [1.29, 1.82) is 0 Å². The van der Waals surface area contributed by atoms with E-state index < -0.39 is 0 Å². The predicted octanol–water partition coefficient (Wildman–Crippen LogP) is 4.16. The summed E-state index contributed by atoms with van der Waals surface area (Å²) in [5, 5.41) is 21.8. The Balaban J connectivity index is 1.73. The largest absolute Gasteiger partial charge is 0.871 e. The number of hydrogen-bond donors (Lipinski definition) is 2. The monoisotopic (exact) mass is 626 g/mol. The van der Waals surface area contributed by atoms with E-state index in [1.807, 2.05) is 52.0 Å². The smallest absolute Gasteiger partial charge is 0.227 e. The van der Waals surface area contributed by atoms with Crippen LogP contribution in [0.3, 0.4) is 0 Å². The lowest BCUT2D eigenvalue weighted by molar-refractivity contribution is -0.292. The number of rotatable bonds is 9. The summed E-state index contributed by atoms with van der Waals surface area (Å²) in [7, 11) is 0. The molecule has 5 rings (SSSR count). The van der Waals surface area contributed by atoms with Gasteiger partial charge in [-0.1, -0.05) is 33.5 Å². The minimum atomic E-state index is -0.360. The van der Waals surface area contributed by atoms with Crippen LogP contribution in [0.5, 0.6) is 0 Å². The summed E-state index contributed by atoms with van der Waals surface area (Å²) in [5.41, 5.74) is 4.75. The van der Waals surface area contributed by atoms with Gasteiger partial charge in [-0.2, -0.15) is 0 Å². The van der Waals surface area contributed by atoms with Crippen molar-refractivity contribution in [2.45, 2.75) is 119 Å². The quantitative estimate of drug-likeness (QED) is 0.407. The maximum Gasteiger partial charge on any atom is 0.227 e. The first-order chi connectivity index (χ1) is 21.7. The zero-order valence-electron chi connectivity index (χ0n) is 29.1. The summed E-state index contributed by atoms with van der Waals surface area (Å²) in [5.74, 6) is -1.46. The van der Waals surface area contributed by atoms with Gasteiger partial charge in [0.15, 0.2) is 11.8 Å². The maximum atomic E-state index is 14.2. The van der Waals surface area contributed by atoms with Gasteiger partial charge in [0, 0.05) is 69.6 Å². The molecule has 2 heterocycles. The Morgan fingerprint density at radius 2 is 1.48 bits per heavy atom. The van der Waals surface area contributed by atoms with Crippen LogP contribution in [0.4, 0.5) is 17.1 Å². The number of allylic oxidation sites excluding steroid dienone is 2. The number of nitrogens with zero attached hydrogens (tertiary/aromatic N) is 2. The van der Waals surface area contributed by atoms with Crippen LogP contribution in [0, 0.1) is 11.8 Å². The molecule has 46 heavy (non-hydrogen) atoms. The Labute approximate surface area is 273 Å². The first-order valence-electron chi connectivity index (χ1n) is 17.1. The zero-order valence-corrected chi connectivity index (χ0v) is 29.1. The number of carbonyl (C=O) groups excluding carboxylic acids is 3. The molecule has 0 saturated heterocycles. The highest BCUT2D eigenvalue weighted by Crippen LogP contribution is 2.44. The molecule has 4 atom stereocenters. The van der Waals surface area contributed by atoms with E-state index in [0.717, 1.165) is 35.0 Å². The molecule has 0 aromatic heterocycles. The Hall–Kier alpha value is -3.94. The van der Waals surface area contributed by atoms with E-state index in [1.54, 1.807) is 0 Å². The molecular weight excluding hydrogens is 576 g/mol. The van der Waals surface area contributed by atoms with Gasteiger partial charge < -0.3 is 20.6 Å². The van der Waals surface area contributed by atoms with Gasteiger partial charge in [-0.3, -0.25) is 14.4 Å². The SMILES string of the molecule is CCC(C)C(=O)Nc1cc2c(cc1C1=C([O-])/C(=c3\cc4c(cc3NC(=O)C(C)CC)=[N+](C(C)C)C(C)C4)C1=O)CC(C)N2C(C)C. The molecule has 0 spiro atoms. The second kappa shape index (κ2) is 12.7. The van der Waals surface area contributed by atoms with E-state index in [9.17, 15) is 19.5 Å². The number of carbonyl (C=O) groups is 3. The number of amides is 2. The highest BCUT2D eigenvalue weighted by atomic mass is 16.3. The third-order valence-corrected chi connectivity index (χ3v) is 10.2. The fraction of sp³-hybridized carbons (Fsp3) is 0.526. The average molecular weight is 627 g/mol. The molecule has 3 aliphatic rings. The molecule has 4 unspecified atom stereocenters. The highest BCUT2D eigenvalue weighted by Gasteiger charge is 2.37. The molecule has 0 bridgehead atoms. The highest BCUT2D eigenvalue weighted by molar-refractivity contribution is 6.52. The summed E-state index contributed by atoms with van der Waals surface area (Å²) < 4.78 is 2.32. The van der Waals surface area contributed by atoms with Crippen molar-refractivity contribution in [3.8, 4) is 0 Å². The van der Waals surface area contributed by atoms with Crippen molar-refractivity contribution >= 4 is 45.8 Å². The van der Waals surface area contributed by atoms with Crippen LogP contribution in [0.25, 0.3) is 11.1 Å². The number of fused-ring (bicyclic) bond motifs is 2. The van der Waals surface area contributed by atoms with E-state index in [0.29, 0.717) is 35.0 Å². The molecule has 246 valence electrons. The van der Waals surface area contributed by atoms with Crippen LogP contribution in [0.1, 0.15) is 98.8 Å². The van der Waals surface area contributed by atoms with Gasteiger partial charge in [0.2, 0.25) is 17.2 Å². The lowest BCUT2D eigenvalue weighted by Gasteiger charge is -2.33. The van der Waals surface area contributed by atoms with Gasteiger partial charge in [0.25, 0.3) is 0 Å². The Bertz CT molecular complexity index is 1770. The molecule has 2 aromatic carbocycles. The van der Waals surface area contributed by atoms with Crippen LogP contribution in [-0.2, 0) is 27.2 Å². The second-order valence-corrected chi connectivity index (χ2v) is 14.2. The lowest BCUT2D eigenvalue weighted by Crippen LogP contribution is -2.39. The van der Waals surface area contributed by atoms with E-state index in [1.165, 1.54) is 0 Å². The molecule has 1 aliphatic carbocycles. The fourth-order valence-electron chi connectivity index (χ4n) is 7.34. The molecule has 2 N–H and O–H groups in total. The number of hydrogen-bond acceptors (Lipinski definition) is 5. The predicted molar refractivity (Wildman–Crippen MR) is 184 cm³/mol. The van der Waals surface area contributed by atoms with Crippen LogP contribution in [0.15, 0.2) is 30.0 Å². The first kappa shape index (κ1) is 33.4. The number of Topliss-reactive ketones (excluding diaryl/α,β-unsaturated/α-hetero) is 1. The van der Waals surface area contributed by atoms with E-state index in [2.05, 4.69) is 61.7 Å². The summed E-state index contributed by atoms with van der Waals surface area (Å²) in [6.45, 7) is 20.5. The van der Waals surface area contributed by atoms with Gasteiger partial charge in [-0.05, 0) is 84.6 Å². The van der Waals surface area contributed by atoms with Crippen molar-refractivity contribution in [2.24, 2.45) is 11.8 Å². The summed E-state index contributed by atoms with van der Waals surface area (Å²) in [6.07, 6.45) is 2.91. The molecule has 2 aromatic rings. The van der Waals surface area contributed by atoms with E-state index >= 15 is 0 Å². The summed E-state index contributed by atoms with van der Waals surface area (Å²) >= 11 is 0. The van der Waals surface area contributed by atoms with Crippen molar-refractivity contribution in [2.75, 3.05) is 15.5 Å². The van der Waals surface area contributed by atoms with Gasteiger partial charge >= 0.3 is 0 Å². The van der Waals surface area contributed by atoms with Gasteiger partial charge in [0.05, 0.1) is 11.4 Å². The molecular formula is C38H50N4O4. The van der Waals surface area contributed by atoms with Crippen molar-refractivity contribution in [3.63, 3.8) is 0 Å². The Morgan fingerprint density at radius 3 is 2.02 bits per heavy atom. The minimum absolute atomic E-state index is 0.0878. The maximum absolute atomic E-state index is 14.2. The Morgan fingerprint density at radius 1 is 0.870 bits per heavy atom. The molecule has 0 radical (unpaired) electrons. The van der Waals surface area contributed by atoms with Crippen LogP contribution < -0.4 is 35.8 Å². The number of ketones is 1. The summed E-state index contributed by atoms with van der Waals surface area (Å²) in [6, 6.07) is 8.73. The number of nitrogens with one attached hydrogen (secondary N) is 2. The molecule has 0 saturated carbocycles. The normalized spacial score (nSPS) is 21.4. The van der Waals surface area contributed by atoms with Crippen molar-refractivity contribution < 1.29 is 19.5 Å². The van der Waals surface area contributed by atoms with Crippen LogP contribution >= 0.6 is 0 Å². The topological polar surface area (TPSA) is 105 Å².